The number of hydrogen-bond donors (Lipinski definition) is 2. The van der Waals surface area contributed by atoms with E-state index in [1.165, 1.54) is 13.2 Å². The number of benzene rings is 1. The van der Waals surface area contributed by atoms with Gasteiger partial charge in [-0.25, -0.2) is 13.6 Å². The molecular formula is C15H17F2N5O2. The lowest BCUT2D eigenvalue weighted by atomic mass is 10.2. The van der Waals surface area contributed by atoms with E-state index >= 15 is 0 Å². The summed E-state index contributed by atoms with van der Waals surface area (Å²) in [5.41, 5.74) is 1.02. The summed E-state index contributed by atoms with van der Waals surface area (Å²) in [7, 11) is 3.32. The molecule has 0 unspecified atom stereocenters. The van der Waals surface area contributed by atoms with Crippen LogP contribution in [0, 0.1) is 0 Å². The van der Waals surface area contributed by atoms with E-state index in [9.17, 15) is 13.6 Å². The van der Waals surface area contributed by atoms with Gasteiger partial charge >= 0.3 is 6.03 Å². The van der Waals surface area contributed by atoms with Crippen LogP contribution in [0.1, 0.15) is 12.1 Å². The molecule has 2 aromatic rings. The van der Waals surface area contributed by atoms with Gasteiger partial charge < -0.3 is 20.3 Å². The molecule has 1 aliphatic heterocycles. The number of likely N-dealkylation sites (N-methyl/N-ethyl adjacent to an activating group) is 1. The summed E-state index contributed by atoms with van der Waals surface area (Å²) in [5, 5.41) is 8.75. The van der Waals surface area contributed by atoms with Crippen LogP contribution in [0.5, 0.6) is 5.75 Å². The van der Waals surface area contributed by atoms with Crippen molar-refractivity contribution in [3.05, 3.63) is 30.1 Å². The fourth-order valence-corrected chi connectivity index (χ4v) is 2.52. The van der Waals surface area contributed by atoms with Crippen molar-refractivity contribution in [2.45, 2.75) is 6.43 Å². The Balaban J connectivity index is 1.73. The Bertz CT molecular complexity index is 762. The maximum Gasteiger partial charge on any atom is 0.323 e. The van der Waals surface area contributed by atoms with Crippen LogP contribution in [0.2, 0.25) is 0 Å². The smallest absolute Gasteiger partial charge is 0.323 e. The number of urea groups is 1. The minimum Gasteiger partial charge on any atom is -0.490 e. The number of hydrogen-bond acceptors (Lipinski definition) is 4. The van der Waals surface area contributed by atoms with Crippen LogP contribution in [0.25, 0.3) is 0 Å². The molecule has 7 nitrogen and oxygen atoms in total. The average molecular weight is 337 g/mol. The summed E-state index contributed by atoms with van der Waals surface area (Å²) in [4.78, 5) is 14.1. The SMILES string of the molecule is CN1CCOc2ccc(NC(=O)Nc3cnn(C)c3C(F)F)cc21. The molecule has 1 aromatic carbocycles. The second kappa shape index (κ2) is 6.34. The van der Waals surface area contributed by atoms with Crippen molar-refractivity contribution < 1.29 is 18.3 Å². The normalized spacial score (nSPS) is 13.5. The van der Waals surface area contributed by atoms with E-state index in [0.717, 1.165) is 22.7 Å². The van der Waals surface area contributed by atoms with Gasteiger partial charge in [0.25, 0.3) is 6.43 Å². The molecule has 9 heteroatoms. The highest BCUT2D eigenvalue weighted by molar-refractivity contribution is 6.00. The molecule has 128 valence electrons. The van der Waals surface area contributed by atoms with E-state index < -0.39 is 12.5 Å². The minimum atomic E-state index is -2.73. The van der Waals surface area contributed by atoms with E-state index in [1.54, 1.807) is 18.2 Å². The first kappa shape index (κ1) is 16.0. The van der Waals surface area contributed by atoms with Gasteiger partial charge in [0.15, 0.2) is 0 Å². The number of fused-ring (bicyclic) bond motifs is 1. The quantitative estimate of drug-likeness (QED) is 0.903. The molecule has 0 saturated carbocycles. The lowest BCUT2D eigenvalue weighted by molar-refractivity contribution is 0.141. The molecular weight excluding hydrogens is 320 g/mol. The number of halogens is 2. The van der Waals surface area contributed by atoms with Gasteiger partial charge in [-0.05, 0) is 18.2 Å². The zero-order valence-corrected chi connectivity index (χ0v) is 13.2. The average Bonchev–Trinajstić information content (AvgIpc) is 2.88. The topological polar surface area (TPSA) is 71.4 Å². The third-order valence-electron chi connectivity index (χ3n) is 3.75. The van der Waals surface area contributed by atoms with Gasteiger partial charge in [-0.3, -0.25) is 4.68 Å². The van der Waals surface area contributed by atoms with Gasteiger partial charge in [0.1, 0.15) is 18.1 Å². The van der Waals surface area contributed by atoms with Crippen LogP contribution in [0.3, 0.4) is 0 Å². The largest absolute Gasteiger partial charge is 0.490 e. The van der Waals surface area contributed by atoms with Gasteiger partial charge in [-0.2, -0.15) is 5.10 Å². The Hall–Kier alpha value is -2.84. The van der Waals surface area contributed by atoms with Crippen molar-refractivity contribution in [2.24, 2.45) is 7.05 Å². The van der Waals surface area contributed by atoms with Crippen LogP contribution in [-0.2, 0) is 7.05 Å². The molecule has 2 N–H and O–H groups in total. The third-order valence-corrected chi connectivity index (χ3v) is 3.75. The van der Waals surface area contributed by atoms with Crippen molar-refractivity contribution in [1.82, 2.24) is 9.78 Å². The fraction of sp³-hybridized carbons (Fsp3) is 0.333. The third kappa shape index (κ3) is 3.10. The summed E-state index contributed by atoms with van der Waals surface area (Å²) >= 11 is 0. The maximum atomic E-state index is 13.0. The molecule has 0 bridgehead atoms. The van der Waals surface area contributed by atoms with Crippen LogP contribution in [0.4, 0.5) is 30.6 Å². The number of rotatable bonds is 3. The van der Waals surface area contributed by atoms with Crippen molar-refractivity contribution in [3.8, 4) is 5.75 Å². The Kier molecular flexibility index (Phi) is 4.24. The lowest BCUT2D eigenvalue weighted by Crippen LogP contribution is -2.29. The number of alkyl halides is 2. The molecule has 0 atom stereocenters. The summed E-state index contributed by atoms with van der Waals surface area (Å²) in [6, 6.07) is 4.60. The first-order chi connectivity index (χ1) is 11.5. The number of carbonyl (C=O) groups is 1. The molecule has 3 rings (SSSR count). The van der Waals surface area contributed by atoms with Gasteiger partial charge in [0, 0.05) is 19.8 Å². The number of carbonyl (C=O) groups excluding carboxylic acids is 1. The highest BCUT2D eigenvalue weighted by Gasteiger charge is 2.20. The molecule has 2 amide bonds. The van der Waals surface area contributed by atoms with Gasteiger partial charge in [0.05, 0.1) is 24.1 Å². The number of amides is 2. The second-order valence-corrected chi connectivity index (χ2v) is 5.40. The minimum absolute atomic E-state index is 0.0246. The highest BCUT2D eigenvalue weighted by Crippen LogP contribution is 2.33. The number of nitrogens with one attached hydrogen (secondary N) is 2. The van der Waals surface area contributed by atoms with E-state index in [-0.39, 0.29) is 11.4 Å². The number of aryl methyl sites for hydroxylation is 1. The molecule has 1 aliphatic rings. The molecule has 0 fully saturated rings. The maximum absolute atomic E-state index is 13.0. The van der Waals surface area contributed by atoms with E-state index in [1.807, 2.05) is 11.9 Å². The summed E-state index contributed by atoms with van der Waals surface area (Å²) in [5.74, 6) is 0.738. The fourth-order valence-electron chi connectivity index (χ4n) is 2.52. The highest BCUT2D eigenvalue weighted by atomic mass is 19.3. The Morgan fingerprint density at radius 3 is 2.88 bits per heavy atom. The van der Waals surface area contributed by atoms with E-state index in [2.05, 4.69) is 15.7 Å². The monoisotopic (exact) mass is 337 g/mol. The molecule has 24 heavy (non-hydrogen) atoms. The van der Waals surface area contributed by atoms with Gasteiger partial charge in [-0.1, -0.05) is 0 Å². The Labute approximate surface area is 137 Å². The van der Waals surface area contributed by atoms with Gasteiger partial charge in [0.2, 0.25) is 0 Å². The van der Waals surface area contributed by atoms with Crippen LogP contribution in [-0.4, -0.2) is 36.0 Å². The van der Waals surface area contributed by atoms with Crippen LogP contribution in [0.15, 0.2) is 24.4 Å². The lowest BCUT2D eigenvalue weighted by Gasteiger charge is -2.28. The first-order valence-electron chi connectivity index (χ1n) is 7.31. The molecule has 0 spiro atoms. The molecule has 0 radical (unpaired) electrons. The standard InChI is InChI=1S/C15H17F2N5O2/c1-21-5-6-24-12-4-3-9(7-11(12)21)19-15(23)20-10-8-18-22(2)13(10)14(16)17/h3-4,7-8,14H,5-6H2,1-2H3,(H2,19,20,23). The molecule has 2 heterocycles. The molecule has 0 saturated heterocycles. The number of aromatic nitrogens is 2. The summed E-state index contributed by atoms with van der Waals surface area (Å²) in [6.07, 6.45) is -1.54. The predicted octanol–water partition coefficient (Wildman–Crippen LogP) is 2.83. The zero-order valence-electron chi connectivity index (χ0n) is 13.2. The summed E-state index contributed by atoms with van der Waals surface area (Å²) in [6.45, 7) is 1.35. The van der Waals surface area contributed by atoms with Crippen molar-refractivity contribution in [1.29, 1.82) is 0 Å². The molecule has 1 aromatic heterocycles. The van der Waals surface area contributed by atoms with Gasteiger partial charge in [-0.15, -0.1) is 0 Å². The van der Waals surface area contributed by atoms with Crippen LogP contribution < -0.4 is 20.3 Å². The van der Waals surface area contributed by atoms with E-state index in [0.29, 0.717) is 12.3 Å². The first-order valence-corrected chi connectivity index (χ1v) is 7.31. The Morgan fingerprint density at radius 1 is 1.33 bits per heavy atom. The van der Waals surface area contributed by atoms with E-state index in [4.69, 9.17) is 4.74 Å². The Morgan fingerprint density at radius 2 is 2.12 bits per heavy atom. The number of ether oxygens (including phenoxy) is 1. The van der Waals surface area contributed by atoms with Crippen molar-refractivity contribution in [3.63, 3.8) is 0 Å². The zero-order chi connectivity index (χ0) is 17.3. The predicted molar refractivity (Wildman–Crippen MR) is 86.0 cm³/mol. The number of anilines is 3. The van der Waals surface area contributed by atoms with Crippen molar-refractivity contribution in [2.75, 3.05) is 35.7 Å². The summed E-state index contributed by atoms with van der Waals surface area (Å²) < 4.78 is 32.5. The second-order valence-electron chi connectivity index (χ2n) is 5.40. The van der Waals surface area contributed by atoms with Crippen LogP contribution >= 0.6 is 0 Å². The number of nitrogens with zero attached hydrogens (tertiary/aromatic N) is 3. The van der Waals surface area contributed by atoms with Crippen molar-refractivity contribution >= 4 is 23.1 Å². The molecule has 0 aliphatic carbocycles.